The number of thiazole rings is 1. The number of nitrogens with one attached hydrogen (secondary N) is 1. The molecule has 0 fully saturated rings. The first-order valence-electron chi connectivity index (χ1n) is 10.6. The van der Waals surface area contributed by atoms with Crippen molar-refractivity contribution in [3.63, 3.8) is 0 Å². The highest BCUT2D eigenvalue weighted by Crippen LogP contribution is 2.36. The van der Waals surface area contributed by atoms with E-state index in [-0.39, 0.29) is 17.6 Å². The second kappa shape index (κ2) is 9.34. The van der Waals surface area contributed by atoms with Crippen LogP contribution in [-0.4, -0.2) is 25.8 Å². The van der Waals surface area contributed by atoms with Crippen molar-refractivity contribution in [1.82, 2.24) is 19.9 Å². The summed E-state index contributed by atoms with van der Waals surface area (Å²) in [5, 5.41) is 3.09. The molecule has 0 aliphatic carbocycles. The average molecular weight is 507 g/mol. The topological polar surface area (TPSA) is 89.9 Å². The fourth-order valence-electron chi connectivity index (χ4n) is 3.39. The molecule has 1 N–H and O–H groups in total. The van der Waals surface area contributed by atoms with Gasteiger partial charge in [-0.1, -0.05) is 35.6 Å². The van der Waals surface area contributed by atoms with Gasteiger partial charge >= 0.3 is 6.18 Å². The van der Waals surface area contributed by atoms with E-state index in [0.29, 0.717) is 33.3 Å². The Kier molecular flexibility index (Phi) is 6.06. The summed E-state index contributed by atoms with van der Waals surface area (Å²) in [7, 11) is 0. The van der Waals surface area contributed by atoms with E-state index >= 15 is 0 Å². The Morgan fingerprint density at radius 3 is 2.44 bits per heavy atom. The van der Waals surface area contributed by atoms with Crippen molar-refractivity contribution in [3.05, 3.63) is 78.5 Å². The van der Waals surface area contributed by atoms with Crippen LogP contribution in [0.4, 0.5) is 18.3 Å². The first-order valence-corrected chi connectivity index (χ1v) is 11.4. The van der Waals surface area contributed by atoms with Gasteiger partial charge in [0, 0.05) is 24.8 Å². The third-order valence-electron chi connectivity index (χ3n) is 4.98. The van der Waals surface area contributed by atoms with Crippen molar-refractivity contribution in [2.24, 2.45) is 0 Å². The summed E-state index contributed by atoms with van der Waals surface area (Å²) in [6, 6.07) is 16.8. The van der Waals surface area contributed by atoms with Crippen LogP contribution in [0.2, 0.25) is 0 Å². The molecule has 0 aliphatic heterocycles. The maximum Gasteiger partial charge on any atom is 0.416 e. The van der Waals surface area contributed by atoms with Crippen LogP contribution in [0, 0.1) is 0 Å². The van der Waals surface area contributed by atoms with Crippen LogP contribution in [0.5, 0.6) is 11.6 Å². The number of benzene rings is 2. The predicted octanol–water partition coefficient (Wildman–Crippen LogP) is 6.58. The molecule has 36 heavy (non-hydrogen) atoms. The zero-order valence-corrected chi connectivity index (χ0v) is 19.4. The summed E-state index contributed by atoms with van der Waals surface area (Å²) in [6.07, 6.45) is -2.86. The van der Waals surface area contributed by atoms with Gasteiger partial charge in [0.1, 0.15) is 11.2 Å². The summed E-state index contributed by atoms with van der Waals surface area (Å²) in [6.45, 7) is 1.40. The van der Waals surface area contributed by atoms with Gasteiger partial charge in [0.25, 0.3) is 0 Å². The van der Waals surface area contributed by atoms with Crippen LogP contribution in [0.15, 0.2) is 72.9 Å². The zero-order chi connectivity index (χ0) is 25.3. The number of carbonyl (C=O) groups excluding carboxylic acids is 1. The number of para-hydroxylation sites is 1. The lowest BCUT2D eigenvalue weighted by molar-refractivity contribution is -0.137. The van der Waals surface area contributed by atoms with E-state index in [1.807, 2.05) is 6.07 Å². The maximum absolute atomic E-state index is 13.0. The number of amides is 1. The number of nitrogens with zero attached hydrogens (tertiary/aromatic N) is 4. The van der Waals surface area contributed by atoms with Crippen LogP contribution in [0.25, 0.3) is 33.0 Å². The number of carbonyl (C=O) groups is 1. The fourth-order valence-corrected chi connectivity index (χ4v) is 4.32. The Balaban J connectivity index is 1.57. The molecule has 11 heteroatoms. The number of aromatic nitrogens is 4. The van der Waals surface area contributed by atoms with Gasteiger partial charge in [-0.3, -0.25) is 9.78 Å². The molecular weight excluding hydrogens is 491 g/mol. The van der Waals surface area contributed by atoms with Crippen molar-refractivity contribution in [1.29, 1.82) is 0 Å². The third-order valence-corrected chi connectivity index (χ3v) is 5.92. The molecule has 3 aromatic heterocycles. The molecule has 1 amide bonds. The van der Waals surface area contributed by atoms with E-state index in [0.717, 1.165) is 16.8 Å². The van der Waals surface area contributed by atoms with Gasteiger partial charge in [-0.25, -0.2) is 9.97 Å². The van der Waals surface area contributed by atoms with Crippen LogP contribution in [-0.2, 0) is 11.0 Å². The molecule has 5 aromatic rings. The van der Waals surface area contributed by atoms with Crippen molar-refractivity contribution in [2.75, 3.05) is 5.32 Å². The number of fused-ring (bicyclic) bond motifs is 1. The van der Waals surface area contributed by atoms with Gasteiger partial charge in [0.05, 0.1) is 16.0 Å². The number of rotatable bonds is 5. The molecule has 5 rings (SSSR count). The highest BCUT2D eigenvalue weighted by Gasteiger charge is 2.30. The first kappa shape index (κ1) is 23.4. The Morgan fingerprint density at radius 1 is 0.944 bits per heavy atom. The fraction of sp³-hybridized carbons (Fsp3) is 0.0800. The number of halogens is 3. The Labute approximate surface area is 206 Å². The molecule has 0 radical (unpaired) electrons. The van der Waals surface area contributed by atoms with E-state index in [4.69, 9.17) is 4.74 Å². The van der Waals surface area contributed by atoms with Gasteiger partial charge in [-0.05, 0) is 36.4 Å². The first-order chi connectivity index (χ1) is 17.3. The largest absolute Gasteiger partial charge is 0.437 e. The number of hydrogen-bond acceptors (Lipinski definition) is 7. The van der Waals surface area contributed by atoms with Crippen LogP contribution < -0.4 is 10.1 Å². The van der Waals surface area contributed by atoms with Gasteiger partial charge in [-0.2, -0.15) is 18.2 Å². The summed E-state index contributed by atoms with van der Waals surface area (Å²) in [4.78, 5) is 29.1. The summed E-state index contributed by atoms with van der Waals surface area (Å²) < 4.78 is 46.0. The molecule has 0 saturated carbocycles. The molecule has 0 aliphatic rings. The minimum atomic E-state index is -4.44. The van der Waals surface area contributed by atoms with Crippen LogP contribution >= 0.6 is 11.3 Å². The maximum atomic E-state index is 13.0. The van der Waals surface area contributed by atoms with Crippen molar-refractivity contribution >= 4 is 32.6 Å². The van der Waals surface area contributed by atoms with Gasteiger partial charge < -0.3 is 10.1 Å². The number of hydrogen-bond donors (Lipinski definition) is 1. The monoisotopic (exact) mass is 507 g/mol. The molecule has 180 valence electrons. The Bertz CT molecular complexity index is 1550. The third kappa shape index (κ3) is 5.01. The van der Waals surface area contributed by atoms with E-state index in [2.05, 4.69) is 25.3 Å². The van der Waals surface area contributed by atoms with E-state index in [1.54, 1.807) is 36.5 Å². The second-order valence-corrected chi connectivity index (χ2v) is 8.64. The summed E-state index contributed by atoms with van der Waals surface area (Å²) in [5.74, 6) is 0.549. The summed E-state index contributed by atoms with van der Waals surface area (Å²) in [5.41, 5.74) is 1.05. The highest BCUT2D eigenvalue weighted by atomic mass is 32.1. The van der Waals surface area contributed by atoms with E-state index in [1.165, 1.54) is 36.5 Å². The standard InChI is InChI=1S/C25H16F3N5O2S/c1-14(34)30-24-33-22-19(6-4-7-20(22)36-24)35-21-13-18(15-8-10-16(11-9-15)25(26,27)28)31-23(32-21)17-5-2-3-12-29-17/h2-13H,1H3,(H,30,33,34). The number of anilines is 1. The molecule has 3 heterocycles. The molecule has 0 atom stereocenters. The van der Waals surface area contributed by atoms with E-state index < -0.39 is 11.7 Å². The van der Waals surface area contributed by atoms with E-state index in [9.17, 15) is 18.0 Å². The Morgan fingerprint density at radius 2 is 1.75 bits per heavy atom. The minimum absolute atomic E-state index is 0.155. The number of ether oxygens (including phenoxy) is 1. The molecule has 0 saturated heterocycles. The molecule has 2 aromatic carbocycles. The van der Waals surface area contributed by atoms with Gasteiger partial charge in [0.15, 0.2) is 16.7 Å². The van der Waals surface area contributed by atoms with Crippen molar-refractivity contribution in [3.8, 4) is 34.4 Å². The molecule has 7 nitrogen and oxygen atoms in total. The SMILES string of the molecule is CC(=O)Nc1nc2c(Oc3cc(-c4ccc(C(F)(F)F)cc4)nc(-c4ccccn4)n3)cccc2s1. The van der Waals surface area contributed by atoms with Crippen LogP contribution in [0.3, 0.4) is 0 Å². The molecule has 0 unspecified atom stereocenters. The lowest BCUT2D eigenvalue weighted by atomic mass is 10.1. The summed E-state index contributed by atoms with van der Waals surface area (Å²) >= 11 is 1.30. The van der Waals surface area contributed by atoms with Gasteiger partial charge in [-0.15, -0.1) is 0 Å². The van der Waals surface area contributed by atoms with Crippen molar-refractivity contribution in [2.45, 2.75) is 13.1 Å². The quantitative estimate of drug-likeness (QED) is 0.289. The normalized spacial score (nSPS) is 11.4. The lowest BCUT2D eigenvalue weighted by Gasteiger charge is -2.11. The smallest absolute Gasteiger partial charge is 0.416 e. The average Bonchev–Trinajstić information content (AvgIpc) is 3.27. The number of pyridine rings is 1. The lowest BCUT2D eigenvalue weighted by Crippen LogP contribution is -2.04. The second-order valence-electron chi connectivity index (χ2n) is 7.61. The highest BCUT2D eigenvalue weighted by molar-refractivity contribution is 7.22. The molecular formula is C25H16F3N5O2S. The van der Waals surface area contributed by atoms with Crippen LogP contribution in [0.1, 0.15) is 12.5 Å². The predicted molar refractivity (Wildman–Crippen MR) is 130 cm³/mol. The van der Waals surface area contributed by atoms with Crippen molar-refractivity contribution < 1.29 is 22.7 Å². The zero-order valence-electron chi connectivity index (χ0n) is 18.6. The van der Waals surface area contributed by atoms with Gasteiger partial charge in [0.2, 0.25) is 11.8 Å². The molecule has 0 spiro atoms. The minimum Gasteiger partial charge on any atom is -0.437 e. The number of alkyl halides is 3. The Hall–Kier alpha value is -4.38. The molecule has 0 bridgehead atoms.